The predicted molar refractivity (Wildman–Crippen MR) is 86.1 cm³/mol. The van der Waals surface area contributed by atoms with Gasteiger partial charge in [0.05, 0.1) is 0 Å². The van der Waals surface area contributed by atoms with E-state index in [-0.39, 0.29) is 5.82 Å². The molecule has 0 aromatic heterocycles. The van der Waals surface area contributed by atoms with Gasteiger partial charge in [0.1, 0.15) is 5.82 Å². The second-order valence-corrected chi connectivity index (χ2v) is 7.90. The van der Waals surface area contributed by atoms with E-state index in [2.05, 4.69) is 42.0 Å². The van der Waals surface area contributed by atoms with Gasteiger partial charge in [-0.25, -0.2) is 4.39 Å². The SMILES string of the molecule is CC(C)(C)C1CCCCC1NCc1ccc(Br)cc1F. The molecule has 1 nitrogen and oxygen atoms in total. The van der Waals surface area contributed by atoms with Gasteiger partial charge in [0, 0.05) is 22.6 Å². The van der Waals surface area contributed by atoms with Crippen molar-refractivity contribution in [3.63, 3.8) is 0 Å². The Kier molecular flexibility index (Phi) is 5.25. The normalized spacial score (nSPS) is 23.9. The lowest BCUT2D eigenvalue weighted by molar-refractivity contribution is 0.130. The molecule has 1 aliphatic rings. The molecule has 0 spiro atoms. The van der Waals surface area contributed by atoms with Crippen LogP contribution in [-0.4, -0.2) is 6.04 Å². The number of hydrogen-bond acceptors (Lipinski definition) is 1. The summed E-state index contributed by atoms with van der Waals surface area (Å²) in [6, 6.07) is 5.81. The summed E-state index contributed by atoms with van der Waals surface area (Å²) in [5.41, 5.74) is 1.07. The summed E-state index contributed by atoms with van der Waals surface area (Å²) in [4.78, 5) is 0. The van der Waals surface area contributed by atoms with E-state index in [9.17, 15) is 4.39 Å². The fourth-order valence-corrected chi connectivity index (χ4v) is 3.65. The van der Waals surface area contributed by atoms with Crippen molar-refractivity contribution in [2.45, 2.75) is 59.0 Å². The summed E-state index contributed by atoms with van der Waals surface area (Å²) in [5.74, 6) is 0.546. The van der Waals surface area contributed by atoms with E-state index in [1.54, 1.807) is 6.07 Å². The van der Waals surface area contributed by atoms with Crippen LogP contribution in [0, 0.1) is 17.2 Å². The van der Waals surface area contributed by atoms with E-state index >= 15 is 0 Å². The Morgan fingerprint density at radius 1 is 1.25 bits per heavy atom. The fourth-order valence-electron chi connectivity index (χ4n) is 3.32. The van der Waals surface area contributed by atoms with Gasteiger partial charge in [-0.3, -0.25) is 0 Å². The minimum Gasteiger partial charge on any atom is -0.310 e. The van der Waals surface area contributed by atoms with Crippen molar-refractivity contribution in [2.75, 3.05) is 0 Å². The molecule has 0 bridgehead atoms. The number of rotatable bonds is 3. The largest absolute Gasteiger partial charge is 0.310 e. The van der Waals surface area contributed by atoms with Gasteiger partial charge >= 0.3 is 0 Å². The minimum atomic E-state index is -0.130. The van der Waals surface area contributed by atoms with Crippen molar-refractivity contribution in [1.29, 1.82) is 0 Å². The first-order chi connectivity index (χ1) is 9.38. The molecular formula is C17H25BrFN. The van der Waals surface area contributed by atoms with Crippen LogP contribution in [0.4, 0.5) is 4.39 Å². The standard InChI is InChI=1S/C17H25BrFN/c1-17(2,3)14-6-4-5-7-16(14)20-11-12-8-9-13(18)10-15(12)19/h8-10,14,16,20H,4-7,11H2,1-3H3. The van der Waals surface area contributed by atoms with Crippen LogP contribution in [0.2, 0.25) is 0 Å². The van der Waals surface area contributed by atoms with Gasteiger partial charge in [-0.1, -0.05) is 55.6 Å². The molecule has 0 radical (unpaired) electrons. The molecule has 2 rings (SSSR count). The Hall–Kier alpha value is -0.410. The van der Waals surface area contributed by atoms with Crippen LogP contribution >= 0.6 is 15.9 Å². The minimum absolute atomic E-state index is 0.130. The monoisotopic (exact) mass is 341 g/mol. The van der Waals surface area contributed by atoms with Gasteiger partial charge in [-0.2, -0.15) is 0 Å². The summed E-state index contributed by atoms with van der Waals surface area (Å²) in [7, 11) is 0. The topological polar surface area (TPSA) is 12.0 Å². The van der Waals surface area contributed by atoms with Gasteiger partial charge in [0.2, 0.25) is 0 Å². The van der Waals surface area contributed by atoms with Crippen molar-refractivity contribution in [1.82, 2.24) is 5.32 Å². The molecule has 20 heavy (non-hydrogen) atoms. The lowest BCUT2D eigenvalue weighted by atomic mass is 9.69. The molecular weight excluding hydrogens is 317 g/mol. The molecule has 2 unspecified atom stereocenters. The molecule has 0 aliphatic heterocycles. The molecule has 0 saturated heterocycles. The first-order valence-corrected chi connectivity index (χ1v) is 8.34. The molecule has 1 fully saturated rings. The maximum absolute atomic E-state index is 13.9. The maximum atomic E-state index is 13.9. The first-order valence-electron chi connectivity index (χ1n) is 7.55. The summed E-state index contributed by atoms with van der Waals surface area (Å²) in [5, 5.41) is 3.60. The Bertz CT molecular complexity index is 453. The third kappa shape index (κ3) is 4.05. The summed E-state index contributed by atoms with van der Waals surface area (Å²) in [6.07, 6.45) is 5.10. The Balaban J connectivity index is 2.01. The summed E-state index contributed by atoms with van der Waals surface area (Å²) < 4.78 is 14.7. The molecule has 3 heteroatoms. The molecule has 0 amide bonds. The lowest BCUT2D eigenvalue weighted by Gasteiger charge is -2.41. The second kappa shape index (κ2) is 6.57. The highest BCUT2D eigenvalue weighted by molar-refractivity contribution is 9.10. The van der Waals surface area contributed by atoms with Gasteiger partial charge in [0.15, 0.2) is 0 Å². The van der Waals surface area contributed by atoms with Gasteiger partial charge in [-0.05, 0) is 36.3 Å². The quantitative estimate of drug-likeness (QED) is 0.788. The molecule has 0 heterocycles. The smallest absolute Gasteiger partial charge is 0.128 e. The average molecular weight is 342 g/mol. The van der Waals surface area contributed by atoms with Gasteiger partial charge < -0.3 is 5.32 Å². The van der Waals surface area contributed by atoms with Crippen molar-refractivity contribution in [2.24, 2.45) is 11.3 Å². The molecule has 1 N–H and O–H groups in total. The zero-order valence-corrected chi connectivity index (χ0v) is 14.3. The summed E-state index contributed by atoms with van der Waals surface area (Å²) in [6.45, 7) is 7.57. The number of nitrogens with one attached hydrogen (secondary N) is 1. The third-order valence-corrected chi connectivity index (χ3v) is 4.94. The third-order valence-electron chi connectivity index (χ3n) is 4.45. The summed E-state index contributed by atoms with van der Waals surface area (Å²) >= 11 is 3.30. The van der Waals surface area contributed by atoms with Gasteiger partial charge in [-0.15, -0.1) is 0 Å². The van der Waals surface area contributed by atoms with Crippen LogP contribution in [0.1, 0.15) is 52.0 Å². The number of benzene rings is 1. The molecule has 2 atom stereocenters. The van der Waals surface area contributed by atoms with Gasteiger partial charge in [0.25, 0.3) is 0 Å². The fraction of sp³-hybridized carbons (Fsp3) is 0.647. The van der Waals surface area contributed by atoms with E-state index < -0.39 is 0 Å². The van der Waals surface area contributed by atoms with E-state index in [0.29, 0.717) is 23.9 Å². The Morgan fingerprint density at radius 2 is 1.95 bits per heavy atom. The predicted octanol–water partition coefficient (Wildman–Crippen LogP) is 5.28. The first kappa shape index (κ1) is 16.0. The highest BCUT2D eigenvalue weighted by Crippen LogP contribution is 2.38. The molecule has 112 valence electrons. The number of halogens is 2. The van der Waals surface area contributed by atoms with E-state index in [1.807, 2.05) is 12.1 Å². The second-order valence-electron chi connectivity index (χ2n) is 6.98. The van der Waals surface area contributed by atoms with Crippen molar-refractivity contribution in [3.8, 4) is 0 Å². The van der Waals surface area contributed by atoms with Crippen LogP contribution in [0.25, 0.3) is 0 Å². The van der Waals surface area contributed by atoms with Crippen LogP contribution in [0.3, 0.4) is 0 Å². The van der Waals surface area contributed by atoms with E-state index in [0.717, 1.165) is 10.0 Å². The van der Waals surface area contributed by atoms with Crippen molar-refractivity contribution < 1.29 is 4.39 Å². The zero-order chi connectivity index (χ0) is 14.8. The van der Waals surface area contributed by atoms with Crippen LogP contribution in [-0.2, 0) is 6.54 Å². The highest BCUT2D eigenvalue weighted by atomic mass is 79.9. The average Bonchev–Trinajstić information content (AvgIpc) is 2.37. The van der Waals surface area contributed by atoms with E-state index in [4.69, 9.17) is 0 Å². The Labute approximate surface area is 130 Å². The zero-order valence-electron chi connectivity index (χ0n) is 12.7. The van der Waals surface area contributed by atoms with Crippen LogP contribution in [0.15, 0.2) is 22.7 Å². The number of hydrogen-bond donors (Lipinski definition) is 1. The lowest BCUT2D eigenvalue weighted by Crippen LogP contribution is -2.44. The van der Waals surface area contributed by atoms with Crippen LogP contribution < -0.4 is 5.32 Å². The van der Waals surface area contributed by atoms with Crippen LogP contribution in [0.5, 0.6) is 0 Å². The molecule has 1 aromatic carbocycles. The van der Waals surface area contributed by atoms with Crippen molar-refractivity contribution in [3.05, 3.63) is 34.1 Å². The molecule has 1 aliphatic carbocycles. The maximum Gasteiger partial charge on any atom is 0.128 e. The Morgan fingerprint density at radius 3 is 2.60 bits per heavy atom. The molecule has 1 saturated carbocycles. The van der Waals surface area contributed by atoms with E-state index in [1.165, 1.54) is 25.7 Å². The highest BCUT2D eigenvalue weighted by Gasteiger charge is 2.33. The molecule has 1 aromatic rings. The van der Waals surface area contributed by atoms with Crippen molar-refractivity contribution >= 4 is 15.9 Å².